The number of hydrogen-bond acceptors (Lipinski definition) is 4. The first-order valence-electron chi connectivity index (χ1n) is 4.69. The number of imidazole rings is 1. The quantitative estimate of drug-likeness (QED) is 0.791. The van der Waals surface area contributed by atoms with Crippen LogP contribution in [0.15, 0.2) is 12.7 Å². The Balaban J connectivity index is 2.44. The molecule has 5 nitrogen and oxygen atoms in total. The van der Waals surface area contributed by atoms with Crippen LogP contribution < -0.4 is 5.32 Å². The van der Waals surface area contributed by atoms with E-state index in [0.717, 1.165) is 29.9 Å². The lowest BCUT2D eigenvalue weighted by molar-refractivity contribution is 0.927. The van der Waals surface area contributed by atoms with Gasteiger partial charge in [-0.25, -0.2) is 15.0 Å². The maximum atomic E-state index is 4.25. The smallest absolute Gasteiger partial charge is 0.165 e. The molecule has 0 saturated heterocycles. The molecule has 0 saturated carbocycles. The highest BCUT2D eigenvalue weighted by Gasteiger charge is 2.06. The standard InChI is InChI=1S/C9H13N5/c1-3-4-10-8-7-9(12-5-11-8)14(2)6-13-7/h5-6H,3-4H2,1-2H3,(H,10,11,12). The largest absolute Gasteiger partial charge is 0.368 e. The minimum Gasteiger partial charge on any atom is -0.368 e. The Morgan fingerprint density at radius 1 is 1.36 bits per heavy atom. The third kappa shape index (κ3) is 1.41. The van der Waals surface area contributed by atoms with Gasteiger partial charge >= 0.3 is 0 Å². The van der Waals surface area contributed by atoms with Crippen LogP contribution in [0.5, 0.6) is 0 Å². The van der Waals surface area contributed by atoms with Crippen molar-refractivity contribution in [3.63, 3.8) is 0 Å². The van der Waals surface area contributed by atoms with Gasteiger partial charge in [-0.05, 0) is 6.42 Å². The Labute approximate surface area is 82.2 Å². The number of anilines is 1. The van der Waals surface area contributed by atoms with Crippen LogP contribution >= 0.6 is 0 Å². The number of hydrogen-bond donors (Lipinski definition) is 1. The number of nitrogens with one attached hydrogen (secondary N) is 1. The molecule has 2 heterocycles. The molecule has 2 aromatic rings. The van der Waals surface area contributed by atoms with Crippen molar-refractivity contribution >= 4 is 17.0 Å². The van der Waals surface area contributed by atoms with Crippen molar-refractivity contribution in [1.82, 2.24) is 19.5 Å². The molecule has 0 aliphatic heterocycles. The number of rotatable bonds is 3. The van der Waals surface area contributed by atoms with Gasteiger partial charge in [0.2, 0.25) is 0 Å². The lowest BCUT2D eigenvalue weighted by Crippen LogP contribution is -2.03. The fourth-order valence-corrected chi connectivity index (χ4v) is 1.32. The molecule has 2 rings (SSSR count). The van der Waals surface area contributed by atoms with Gasteiger partial charge in [-0.15, -0.1) is 0 Å². The SMILES string of the molecule is CCCNc1ncnc2c1ncn2C. The molecule has 0 aliphatic rings. The number of fused-ring (bicyclic) bond motifs is 1. The average Bonchev–Trinajstić information content (AvgIpc) is 2.58. The summed E-state index contributed by atoms with van der Waals surface area (Å²) in [6.07, 6.45) is 4.37. The predicted molar refractivity (Wildman–Crippen MR) is 55.1 cm³/mol. The Hall–Kier alpha value is -1.65. The van der Waals surface area contributed by atoms with Crippen LogP contribution in [-0.4, -0.2) is 26.1 Å². The summed E-state index contributed by atoms with van der Waals surface area (Å²) in [5.74, 6) is 0.817. The summed E-state index contributed by atoms with van der Waals surface area (Å²) in [4.78, 5) is 12.6. The first kappa shape index (κ1) is 8.93. The van der Waals surface area contributed by atoms with Gasteiger partial charge in [0.1, 0.15) is 11.8 Å². The van der Waals surface area contributed by atoms with Crippen LogP contribution in [0.3, 0.4) is 0 Å². The van der Waals surface area contributed by atoms with Crippen molar-refractivity contribution in [2.45, 2.75) is 13.3 Å². The van der Waals surface area contributed by atoms with Gasteiger partial charge in [0.15, 0.2) is 11.5 Å². The van der Waals surface area contributed by atoms with E-state index in [2.05, 4.69) is 27.2 Å². The first-order valence-corrected chi connectivity index (χ1v) is 4.69. The monoisotopic (exact) mass is 191 g/mol. The van der Waals surface area contributed by atoms with E-state index in [1.165, 1.54) is 0 Å². The highest BCUT2D eigenvalue weighted by atomic mass is 15.1. The van der Waals surface area contributed by atoms with E-state index < -0.39 is 0 Å². The van der Waals surface area contributed by atoms with Gasteiger partial charge in [-0.1, -0.05) is 6.92 Å². The van der Waals surface area contributed by atoms with E-state index in [0.29, 0.717) is 0 Å². The zero-order chi connectivity index (χ0) is 9.97. The topological polar surface area (TPSA) is 55.6 Å². The molecule has 0 aromatic carbocycles. The van der Waals surface area contributed by atoms with Crippen LogP contribution in [0, 0.1) is 0 Å². The van der Waals surface area contributed by atoms with Gasteiger partial charge in [-0.2, -0.15) is 0 Å². The summed E-state index contributed by atoms with van der Waals surface area (Å²) < 4.78 is 1.88. The van der Waals surface area contributed by atoms with Crippen LogP contribution in [-0.2, 0) is 7.05 Å². The molecule has 0 atom stereocenters. The molecule has 5 heteroatoms. The molecule has 2 aromatic heterocycles. The molecule has 0 amide bonds. The van der Waals surface area contributed by atoms with Crippen LogP contribution in [0.4, 0.5) is 5.82 Å². The average molecular weight is 191 g/mol. The normalized spacial score (nSPS) is 10.7. The summed E-state index contributed by atoms with van der Waals surface area (Å²) >= 11 is 0. The van der Waals surface area contributed by atoms with Gasteiger partial charge in [-0.3, -0.25) is 0 Å². The van der Waals surface area contributed by atoms with Gasteiger partial charge < -0.3 is 9.88 Å². The molecule has 0 aliphatic carbocycles. The Morgan fingerprint density at radius 3 is 3.00 bits per heavy atom. The minimum absolute atomic E-state index is 0.817. The number of aryl methyl sites for hydroxylation is 1. The second-order valence-electron chi connectivity index (χ2n) is 3.18. The van der Waals surface area contributed by atoms with Gasteiger partial charge in [0.25, 0.3) is 0 Å². The molecule has 14 heavy (non-hydrogen) atoms. The summed E-state index contributed by atoms with van der Waals surface area (Å²) in [7, 11) is 1.92. The Morgan fingerprint density at radius 2 is 2.21 bits per heavy atom. The van der Waals surface area contributed by atoms with Crippen LogP contribution in [0.1, 0.15) is 13.3 Å². The molecular formula is C9H13N5. The molecule has 0 fully saturated rings. The lowest BCUT2D eigenvalue weighted by Gasteiger charge is -2.03. The summed E-state index contributed by atoms with van der Waals surface area (Å²) in [6.45, 7) is 3.02. The van der Waals surface area contributed by atoms with Crippen molar-refractivity contribution < 1.29 is 0 Å². The molecule has 0 bridgehead atoms. The molecule has 0 unspecified atom stereocenters. The highest BCUT2D eigenvalue weighted by Crippen LogP contribution is 2.15. The summed E-state index contributed by atoms with van der Waals surface area (Å²) in [5, 5.41) is 3.22. The maximum Gasteiger partial charge on any atom is 0.165 e. The van der Waals surface area contributed by atoms with Crippen molar-refractivity contribution in [2.75, 3.05) is 11.9 Å². The third-order valence-electron chi connectivity index (χ3n) is 2.04. The predicted octanol–water partition coefficient (Wildman–Crippen LogP) is 1.19. The first-order chi connectivity index (χ1) is 6.83. The third-order valence-corrected chi connectivity index (χ3v) is 2.04. The fraction of sp³-hybridized carbons (Fsp3) is 0.444. The van der Waals surface area contributed by atoms with Gasteiger partial charge in [0.05, 0.1) is 6.33 Å². The van der Waals surface area contributed by atoms with Crippen LogP contribution in [0.25, 0.3) is 11.2 Å². The highest BCUT2D eigenvalue weighted by molar-refractivity contribution is 5.82. The van der Waals surface area contributed by atoms with E-state index in [9.17, 15) is 0 Å². The van der Waals surface area contributed by atoms with Crippen molar-refractivity contribution in [1.29, 1.82) is 0 Å². The molecule has 1 N–H and O–H groups in total. The summed E-state index contributed by atoms with van der Waals surface area (Å²) in [6, 6.07) is 0. The molecule has 0 spiro atoms. The van der Waals surface area contributed by atoms with E-state index in [4.69, 9.17) is 0 Å². The lowest BCUT2D eigenvalue weighted by atomic mass is 10.4. The zero-order valence-electron chi connectivity index (χ0n) is 8.36. The summed E-state index contributed by atoms with van der Waals surface area (Å²) in [5.41, 5.74) is 1.70. The van der Waals surface area contributed by atoms with E-state index in [1.807, 2.05) is 11.6 Å². The van der Waals surface area contributed by atoms with Crippen molar-refractivity contribution in [2.24, 2.45) is 7.05 Å². The number of aromatic nitrogens is 4. The molecule has 74 valence electrons. The second kappa shape index (κ2) is 3.61. The molecule has 0 radical (unpaired) electrons. The maximum absolute atomic E-state index is 4.25. The van der Waals surface area contributed by atoms with E-state index in [-0.39, 0.29) is 0 Å². The van der Waals surface area contributed by atoms with E-state index in [1.54, 1.807) is 12.7 Å². The zero-order valence-corrected chi connectivity index (χ0v) is 8.36. The van der Waals surface area contributed by atoms with Crippen molar-refractivity contribution in [3.05, 3.63) is 12.7 Å². The van der Waals surface area contributed by atoms with Crippen molar-refractivity contribution in [3.8, 4) is 0 Å². The Bertz CT molecular complexity index is 434. The fourth-order valence-electron chi connectivity index (χ4n) is 1.32. The van der Waals surface area contributed by atoms with Crippen LogP contribution in [0.2, 0.25) is 0 Å². The van der Waals surface area contributed by atoms with E-state index >= 15 is 0 Å². The minimum atomic E-state index is 0.817. The molecular weight excluding hydrogens is 178 g/mol. The number of nitrogens with zero attached hydrogens (tertiary/aromatic N) is 4. The van der Waals surface area contributed by atoms with Gasteiger partial charge in [0, 0.05) is 13.6 Å². The Kier molecular flexibility index (Phi) is 2.30. The second-order valence-corrected chi connectivity index (χ2v) is 3.18.